The molecule has 2 N–H and O–H groups in total. The molecular formula is C14H12N4O2S. The Morgan fingerprint density at radius 1 is 1.33 bits per heavy atom. The Labute approximate surface area is 125 Å². The van der Waals surface area contributed by atoms with Gasteiger partial charge in [-0.15, -0.1) is 11.8 Å². The minimum atomic E-state index is -0.448. The van der Waals surface area contributed by atoms with Crippen molar-refractivity contribution in [3.05, 3.63) is 42.9 Å². The molecule has 1 aliphatic rings. The first-order valence-electron chi connectivity index (χ1n) is 6.35. The zero-order chi connectivity index (χ0) is 14.7. The molecule has 106 valence electrons. The van der Waals surface area contributed by atoms with E-state index in [4.69, 9.17) is 0 Å². The number of amides is 2. The highest BCUT2D eigenvalue weighted by Crippen LogP contribution is 2.36. The van der Waals surface area contributed by atoms with E-state index in [9.17, 15) is 9.59 Å². The first kappa shape index (κ1) is 13.6. The van der Waals surface area contributed by atoms with Crippen molar-refractivity contribution in [2.75, 3.05) is 10.6 Å². The van der Waals surface area contributed by atoms with E-state index in [1.54, 1.807) is 0 Å². The van der Waals surface area contributed by atoms with E-state index in [-0.39, 0.29) is 18.2 Å². The number of carbonyl (C=O) groups is 2. The van der Waals surface area contributed by atoms with Gasteiger partial charge in [0.1, 0.15) is 0 Å². The molecule has 6 nitrogen and oxygen atoms in total. The number of anilines is 2. The number of fused-ring (bicyclic) bond motifs is 1. The van der Waals surface area contributed by atoms with E-state index < -0.39 is 5.25 Å². The highest BCUT2D eigenvalue weighted by molar-refractivity contribution is 8.01. The van der Waals surface area contributed by atoms with Crippen LogP contribution in [0, 0.1) is 0 Å². The third-order valence-corrected chi connectivity index (χ3v) is 4.18. The van der Waals surface area contributed by atoms with Crippen molar-refractivity contribution in [1.82, 2.24) is 9.97 Å². The maximum atomic E-state index is 12.0. The lowest BCUT2D eigenvalue weighted by Crippen LogP contribution is -2.32. The van der Waals surface area contributed by atoms with Crippen LogP contribution in [0.4, 0.5) is 11.5 Å². The summed E-state index contributed by atoms with van der Waals surface area (Å²) in [5.41, 5.74) is 0.790. The molecule has 21 heavy (non-hydrogen) atoms. The van der Waals surface area contributed by atoms with E-state index in [1.165, 1.54) is 30.4 Å². The van der Waals surface area contributed by atoms with E-state index in [1.807, 2.05) is 24.3 Å². The first-order chi connectivity index (χ1) is 10.2. The molecule has 1 atom stereocenters. The average molecular weight is 300 g/mol. The number of benzene rings is 1. The number of hydrogen-bond acceptors (Lipinski definition) is 5. The van der Waals surface area contributed by atoms with Gasteiger partial charge in [0.15, 0.2) is 5.82 Å². The van der Waals surface area contributed by atoms with Crippen LogP contribution >= 0.6 is 11.8 Å². The molecule has 2 amide bonds. The third kappa shape index (κ3) is 3.19. The molecule has 0 fully saturated rings. The molecule has 0 spiro atoms. The molecule has 1 aliphatic heterocycles. The minimum absolute atomic E-state index is 0.0847. The van der Waals surface area contributed by atoms with Gasteiger partial charge in [0, 0.05) is 23.7 Å². The fraction of sp³-hybridized carbons (Fsp3) is 0.143. The van der Waals surface area contributed by atoms with Crippen molar-refractivity contribution in [1.29, 1.82) is 0 Å². The number of aromatic nitrogens is 2. The highest BCUT2D eigenvalue weighted by Gasteiger charge is 2.28. The third-order valence-electron chi connectivity index (χ3n) is 2.91. The molecule has 0 radical (unpaired) electrons. The normalized spacial score (nSPS) is 16.8. The number of thioether (sulfide) groups is 1. The molecule has 3 rings (SSSR count). The molecule has 1 aromatic carbocycles. The van der Waals surface area contributed by atoms with Crippen LogP contribution in [-0.4, -0.2) is 27.0 Å². The molecule has 1 aromatic heterocycles. The van der Waals surface area contributed by atoms with E-state index in [0.717, 1.165) is 10.6 Å². The van der Waals surface area contributed by atoms with Crippen molar-refractivity contribution < 1.29 is 9.59 Å². The van der Waals surface area contributed by atoms with Crippen LogP contribution < -0.4 is 10.6 Å². The largest absolute Gasteiger partial charge is 0.324 e. The molecule has 7 heteroatoms. The van der Waals surface area contributed by atoms with Crippen molar-refractivity contribution in [3.8, 4) is 0 Å². The Morgan fingerprint density at radius 3 is 3.00 bits per heavy atom. The molecule has 0 bridgehead atoms. The molecule has 0 aliphatic carbocycles. The van der Waals surface area contributed by atoms with Gasteiger partial charge in [0.25, 0.3) is 0 Å². The van der Waals surface area contributed by atoms with Crippen LogP contribution in [-0.2, 0) is 9.59 Å². The lowest BCUT2D eigenvalue weighted by molar-refractivity contribution is -0.120. The predicted molar refractivity (Wildman–Crippen MR) is 80.0 cm³/mol. The van der Waals surface area contributed by atoms with E-state index >= 15 is 0 Å². The van der Waals surface area contributed by atoms with Crippen molar-refractivity contribution >= 4 is 35.1 Å². The summed E-state index contributed by atoms with van der Waals surface area (Å²) in [6.45, 7) is 0. The van der Waals surface area contributed by atoms with Gasteiger partial charge in [0.05, 0.1) is 17.1 Å². The summed E-state index contributed by atoms with van der Waals surface area (Å²) in [7, 11) is 0. The zero-order valence-electron chi connectivity index (χ0n) is 10.9. The van der Waals surface area contributed by atoms with Crippen molar-refractivity contribution in [3.63, 3.8) is 0 Å². The number of nitrogens with zero attached hydrogens (tertiary/aromatic N) is 2. The summed E-state index contributed by atoms with van der Waals surface area (Å²) < 4.78 is 0. The van der Waals surface area contributed by atoms with Gasteiger partial charge in [0.2, 0.25) is 11.8 Å². The van der Waals surface area contributed by atoms with Gasteiger partial charge in [-0.1, -0.05) is 12.1 Å². The number of carbonyl (C=O) groups excluding carboxylic acids is 2. The predicted octanol–water partition coefficient (Wildman–Crippen LogP) is 1.92. The Kier molecular flexibility index (Phi) is 3.83. The number of nitrogens with one attached hydrogen (secondary N) is 2. The van der Waals surface area contributed by atoms with Gasteiger partial charge in [-0.3, -0.25) is 14.6 Å². The van der Waals surface area contributed by atoms with E-state index in [2.05, 4.69) is 20.6 Å². The van der Waals surface area contributed by atoms with Crippen LogP contribution in [0.1, 0.15) is 6.42 Å². The molecule has 0 unspecified atom stereocenters. The summed E-state index contributed by atoms with van der Waals surface area (Å²) in [4.78, 5) is 32.8. The summed E-state index contributed by atoms with van der Waals surface area (Å²) in [6.07, 6.45) is 4.56. The van der Waals surface area contributed by atoms with Crippen LogP contribution in [0.5, 0.6) is 0 Å². The second-order valence-corrected chi connectivity index (χ2v) is 5.68. The second-order valence-electron chi connectivity index (χ2n) is 4.43. The molecule has 0 saturated heterocycles. The lowest BCUT2D eigenvalue weighted by atomic mass is 10.2. The Balaban J connectivity index is 1.65. The van der Waals surface area contributed by atoms with E-state index in [0.29, 0.717) is 5.82 Å². The number of para-hydroxylation sites is 1. The van der Waals surface area contributed by atoms with Gasteiger partial charge in [-0.25, -0.2) is 4.98 Å². The summed E-state index contributed by atoms with van der Waals surface area (Å²) in [6, 6.07) is 7.53. The molecular weight excluding hydrogens is 288 g/mol. The fourth-order valence-electron chi connectivity index (χ4n) is 1.95. The van der Waals surface area contributed by atoms with Gasteiger partial charge in [-0.05, 0) is 12.1 Å². The number of hydrogen-bond donors (Lipinski definition) is 2. The van der Waals surface area contributed by atoms with Gasteiger partial charge < -0.3 is 10.6 Å². The second kappa shape index (κ2) is 5.92. The quantitative estimate of drug-likeness (QED) is 0.904. The molecule has 0 saturated carbocycles. The average Bonchev–Trinajstić information content (AvgIpc) is 2.49. The summed E-state index contributed by atoms with van der Waals surface area (Å²) >= 11 is 1.40. The molecule has 2 heterocycles. The summed E-state index contributed by atoms with van der Waals surface area (Å²) in [5.74, 6) is -0.0420. The monoisotopic (exact) mass is 300 g/mol. The Hall–Kier alpha value is -2.41. The highest BCUT2D eigenvalue weighted by atomic mass is 32.2. The fourth-order valence-corrected chi connectivity index (χ4v) is 3.06. The topological polar surface area (TPSA) is 84.0 Å². The van der Waals surface area contributed by atoms with Gasteiger partial charge >= 0.3 is 0 Å². The lowest BCUT2D eigenvalue weighted by Gasteiger charge is -2.23. The van der Waals surface area contributed by atoms with Crippen LogP contribution in [0.25, 0.3) is 0 Å². The molecule has 2 aromatic rings. The smallest absolute Gasteiger partial charge is 0.238 e. The number of rotatable bonds is 3. The zero-order valence-corrected chi connectivity index (χ0v) is 11.8. The summed E-state index contributed by atoms with van der Waals surface area (Å²) in [5, 5.41) is 4.99. The van der Waals surface area contributed by atoms with Crippen LogP contribution in [0.2, 0.25) is 0 Å². The maximum absolute atomic E-state index is 12.0. The van der Waals surface area contributed by atoms with Crippen LogP contribution in [0.3, 0.4) is 0 Å². The van der Waals surface area contributed by atoms with Crippen molar-refractivity contribution in [2.45, 2.75) is 16.6 Å². The Morgan fingerprint density at radius 2 is 2.19 bits per heavy atom. The SMILES string of the molecule is O=C(C[C@@H]1Sc2ccccc2NC1=O)Nc1cnccn1. The first-order valence-corrected chi connectivity index (χ1v) is 7.23. The van der Waals surface area contributed by atoms with Gasteiger partial charge in [-0.2, -0.15) is 0 Å². The standard InChI is InChI=1S/C14H12N4O2S/c19-13(18-12-8-15-5-6-16-12)7-11-14(20)17-9-3-1-2-4-10(9)21-11/h1-6,8,11H,7H2,(H,17,20)(H,16,18,19)/t11-/m0/s1. The van der Waals surface area contributed by atoms with Crippen LogP contribution in [0.15, 0.2) is 47.8 Å². The Bertz CT molecular complexity index is 678. The van der Waals surface area contributed by atoms with Crippen molar-refractivity contribution in [2.24, 2.45) is 0 Å². The maximum Gasteiger partial charge on any atom is 0.238 e. The minimum Gasteiger partial charge on any atom is -0.324 e.